The lowest BCUT2D eigenvalue weighted by Crippen LogP contribution is -2.36. The molecule has 3 N–H and O–H groups in total. The average molecular weight is 443 g/mol. The van der Waals surface area contributed by atoms with Gasteiger partial charge in [-0.15, -0.1) is 0 Å². The smallest absolute Gasteiger partial charge is 0.307 e. The second-order valence-corrected chi connectivity index (χ2v) is 9.60. The van der Waals surface area contributed by atoms with Crippen molar-refractivity contribution in [3.05, 3.63) is 48.0 Å². The first-order valence-corrected chi connectivity index (χ1v) is 11.9. The third-order valence-electron chi connectivity index (χ3n) is 5.81. The second kappa shape index (κ2) is 8.72. The molecule has 31 heavy (non-hydrogen) atoms. The molecule has 0 spiro atoms. The van der Waals surface area contributed by atoms with Crippen LogP contribution in [0.2, 0.25) is 0 Å². The molecule has 1 saturated carbocycles. The first-order chi connectivity index (χ1) is 14.9. The maximum absolute atomic E-state index is 13.2. The van der Waals surface area contributed by atoms with Crippen molar-refractivity contribution >= 4 is 26.9 Å². The Morgan fingerprint density at radius 2 is 1.90 bits per heavy atom. The largest absolute Gasteiger partial charge is 0.495 e. The van der Waals surface area contributed by atoms with E-state index in [1.807, 2.05) is 24.3 Å². The van der Waals surface area contributed by atoms with Crippen LogP contribution >= 0.6 is 0 Å². The molecule has 0 unspecified atom stereocenters. The van der Waals surface area contributed by atoms with Crippen LogP contribution in [0.3, 0.4) is 0 Å². The van der Waals surface area contributed by atoms with Crippen LogP contribution < -0.4 is 9.46 Å². The van der Waals surface area contributed by atoms with E-state index in [0.717, 1.165) is 43.0 Å². The number of carbonyl (C=O) groups is 1. The van der Waals surface area contributed by atoms with Crippen molar-refractivity contribution in [1.82, 2.24) is 9.71 Å². The Morgan fingerprint density at radius 3 is 2.61 bits per heavy atom. The van der Waals surface area contributed by atoms with Crippen molar-refractivity contribution < 1.29 is 23.1 Å². The van der Waals surface area contributed by atoms with Crippen LogP contribution in [0.1, 0.15) is 37.7 Å². The maximum atomic E-state index is 13.2. The van der Waals surface area contributed by atoms with Crippen molar-refractivity contribution in [3.8, 4) is 17.0 Å². The molecule has 164 valence electrons. The number of rotatable bonds is 7. The van der Waals surface area contributed by atoms with E-state index in [4.69, 9.17) is 4.74 Å². The lowest BCUT2D eigenvalue weighted by molar-refractivity contribution is -0.136. The highest BCUT2D eigenvalue weighted by Gasteiger charge is 2.26. The van der Waals surface area contributed by atoms with E-state index in [2.05, 4.69) is 9.71 Å². The summed E-state index contributed by atoms with van der Waals surface area (Å²) in [6.07, 6.45) is 4.63. The van der Waals surface area contributed by atoms with Crippen molar-refractivity contribution in [2.75, 3.05) is 7.11 Å². The molecule has 3 aromatic rings. The van der Waals surface area contributed by atoms with Gasteiger partial charge in [-0.05, 0) is 48.2 Å². The minimum atomic E-state index is -3.80. The Balaban J connectivity index is 1.80. The van der Waals surface area contributed by atoms with Crippen LogP contribution in [0.25, 0.3) is 22.2 Å². The van der Waals surface area contributed by atoms with Gasteiger partial charge >= 0.3 is 5.97 Å². The van der Waals surface area contributed by atoms with Gasteiger partial charge in [-0.2, -0.15) is 0 Å². The molecule has 7 nitrogen and oxygen atoms in total. The van der Waals surface area contributed by atoms with E-state index in [-0.39, 0.29) is 23.1 Å². The van der Waals surface area contributed by atoms with E-state index in [1.165, 1.54) is 7.11 Å². The highest BCUT2D eigenvalue weighted by Crippen LogP contribution is 2.35. The topological polar surface area (TPSA) is 108 Å². The number of carboxylic acids is 1. The molecule has 8 heteroatoms. The van der Waals surface area contributed by atoms with Gasteiger partial charge in [0, 0.05) is 16.9 Å². The monoisotopic (exact) mass is 442 g/mol. The maximum Gasteiger partial charge on any atom is 0.307 e. The summed E-state index contributed by atoms with van der Waals surface area (Å²) in [5.74, 6) is -0.700. The molecule has 1 fully saturated rings. The van der Waals surface area contributed by atoms with Crippen LogP contribution in [0, 0.1) is 0 Å². The molecule has 4 rings (SSSR count). The quantitative estimate of drug-likeness (QED) is 0.511. The fourth-order valence-electron chi connectivity index (χ4n) is 4.33. The number of fused-ring (bicyclic) bond motifs is 1. The molecule has 1 heterocycles. The molecular formula is C23H26N2O5S. The van der Waals surface area contributed by atoms with E-state index in [9.17, 15) is 18.3 Å². The first-order valence-electron chi connectivity index (χ1n) is 10.4. The lowest BCUT2D eigenvalue weighted by Gasteiger charge is -2.23. The number of hydrogen-bond acceptors (Lipinski definition) is 4. The van der Waals surface area contributed by atoms with Gasteiger partial charge in [0.15, 0.2) is 0 Å². The highest BCUT2D eigenvalue weighted by atomic mass is 32.2. The SMILES string of the molecule is COc1ccc(-c2[nH]c3ccccc3c2CC(=O)O)cc1S(=O)(=O)NC1CCCCC1. The van der Waals surface area contributed by atoms with Gasteiger partial charge < -0.3 is 14.8 Å². The number of para-hydroxylation sites is 1. The molecule has 2 aromatic carbocycles. The van der Waals surface area contributed by atoms with Crippen LogP contribution in [0.4, 0.5) is 0 Å². The number of aliphatic carboxylic acids is 1. The number of H-pyrrole nitrogens is 1. The van der Waals surface area contributed by atoms with Gasteiger partial charge in [-0.1, -0.05) is 37.5 Å². The van der Waals surface area contributed by atoms with Gasteiger partial charge in [0.2, 0.25) is 10.0 Å². The summed E-state index contributed by atoms with van der Waals surface area (Å²) in [5, 5.41) is 10.2. The number of methoxy groups -OCH3 is 1. The van der Waals surface area contributed by atoms with Crippen LogP contribution in [-0.4, -0.2) is 37.6 Å². The zero-order chi connectivity index (χ0) is 22.0. The fourth-order valence-corrected chi connectivity index (χ4v) is 5.83. The van der Waals surface area contributed by atoms with Crippen LogP contribution in [0.15, 0.2) is 47.4 Å². The van der Waals surface area contributed by atoms with Gasteiger partial charge in [-0.25, -0.2) is 13.1 Å². The van der Waals surface area contributed by atoms with E-state index in [1.54, 1.807) is 18.2 Å². The molecule has 0 aliphatic heterocycles. The summed E-state index contributed by atoms with van der Waals surface area (Å²) in [4.78, 5) is 14.8. The number of sulfonamides is 1. The van der Waals surface area contributed by atoms with E-state index < -0.39 is 16.0 Å². The van der Waals surface area contributed by atoms with Gasteiger partial charge in [0.25, 0.3) is 0 Å². The predicted octanol–water partition coefficient (Wildman–Crippen LogP) is 4.08. The molecule has 0 bridgehead atoms. The number of nitrogens with one attached hydrogen (secondary N) is 2. The molecule has 1 aromatic heterocycles. The number of ether oxygens (including phenoxy) is 1. The molecule has 1 aliphatic rings. The summed E-state index contributed by atoms with van der Waals surface area (Å²) < 4.78 is 34.6. The third-order valence-corrected chi connectivity index (χ3v) is 7.35. The molecule has 0 saturated heterocycles. The minimum Gasteiger partial charge on any atom is -0.495 e. The third kappa shape index (κ3) is 4.45. The number of aromatic amines is 1. The molecule has 0 radical (unpaired) electrons. The second-order valence-electron chi connectivity index (χ2n) is 7.92. The summed E-state index contributed by atoms with van der Waals surface area (Å²) in [6, 6.07) is 12.3. The Morgan fingerprint density at radius 1 is 1.16 bits per heavy atom. The number of carboxylic acid groups (broad SMARTS) is 1. The predicted molar refractivity (Wildman–Crippen MR) is 119 cm³/mol. The van der Waals surface area contributed by atoms with Crippen LogP contribution in [-0.2, 0) is 21.2 Å². The zero-order valence-electron chi connectivity index (χ0n) is 17.3. The van der Waals surface area contributed by atoms with Crippen molar-refractivity contribution in [1.29, 1.82) is 0 Å². The summed E-state index contributed by atoms with van der Waals surface area (Å²) in [5.41, 5.74) is 2.61. The van der Waals surface area contributed by atoms with E-state index >= 15 is 0 Å². The van der Waals surface area contributed by atoms with Crippen LogP contribution in [0.5, 0.6) is 5.75 Å². The molecular weight excluding hydrogens is 416 g/mol. The summed E-state index contributed by atoms with van der Waals surface area (Å²) >= 11 is 0. The zero-order valence-corrected chi connectivity index (χ0v) is 18.2. The van der Waals surface area contributed by atoms with Crippen molar-refractivity contribution in [3.63, 3.8) is 0 Å². The number of benzene rings is 2. The molecule has 0 atom stereocenters. The first kappa shape index (κ1) is 21.4. The highest BCUT2D eigenvalue weighted by molar-refractivity contribution is 7.89. The molecule has 1 aliphatic carbocycles. The average Bonchev–Trinajstić information content (AvgIpc) is 3.11. The minimum absolute atomic E-state index is 0.0537. The number of aromatic nitrogens is 1. The van der Waals surface area contributed by atoms with Gasteiger partial charge in [-0.3, -0.25) is 4.79 Å². The summed E-state index contributed by atoms with van der Waals surface area (Å²) in [7, 11) is -2.37. The normalized spacial score (nSPS) is 15.3. The van der Waals surface area contributed by atoms with Gasteiger partial charge in [0.1, 0.15) is 10.6 Å². The lowest BCUT2D eigenvalue weighted by atomic mass is 9.96. The Hall–Kier alpha value is -2.84. The van der Waals surface area contributed by atoms with E-state index in [0.29, 0.717) is 16.8 Å². The Kier molecular flexibility index (Phi) is 6.02. The standard InChI is InChI=1S/C23H26N2O5S/c1-30-20-12-11-15(13-21(20)31(28,29)25-16-7-3-2-4-8-16)23-18(14-22(26)27)17-9-5-6-10-19(17)24-23/h5-6,9-13,16,24-25H,2-4,7-8,14H2,1H3,(H,26,27). The fraction of sp³-hybridized carbons (Fsp3) is 0.348. The van der Waals surface area contributed by atoms with Crippen molar-refractivity contribution in [2.45, 2.75) is 49.5 Å². The van der Waals surface area contributed by atoms with Gasteiger partial charge in [0.05, 0.1) is 19.2 Å². The Labute approximate surface area is 181 Å². The number of hydrogen-bond donors (Lipinski definition) is 3. The molecule has 0 amide bonds. The van der Waals surface area contributed by atoms with Crippen molar-refractivity contribution in [2.24, 2.45) is 0 Å². The summed E-state index contributed by atoms with van der Waals surface area (Å²) in [6.45, 7) is 0. The Bertz CT molecular complexity index is 1210.